The second-order valence-electron chi connectivity index (χ2n) is 7.47. The summed E-state index contributed by atoms with van der Waals surface area (Å²) in [5.74, 6) is -0.194. The fourth-order valence-electron chi connectivity index (χ4n) is 3.73. The highest BCUT2D eigenvalue weighted by atomic mass is 32.2. The second-order valence-corrected chi connectivity index (χ2v) is 9.39. The SMILES string of the molecule is NC[C@H]1CCc2ccccc2O1.O=C(O)[C@@H]1CCCN1S(=O)(=O)Cc1ccccc1. The van der Waals surface area contributed by atoms with Crippen molar-refractivity contribution in [3.8, 4) is 5.75 Å². The summed E-state index contributed by atoms with van der Waals surface area (Å²) < 4.78 is 31.1. The van der Waals surface area contributed by atoms with Crippen LogP contribution < -0.4 is 10.5 Å². The van der Waals surface area contributed by atoms with Crippen LogP contribution in [0.3, 0.4) is 0 Å². The number of aliphatic carboxylic acids is 1. The van der Waals surface area contributed by atoms with E-state index >= 15 is 0 Å². The molecule has 2 atom stereocenters. The van der Waals surface area contributed by atoms with E-state index in [-0.39, 0.29) is 11.9 Å². The molecule has 0 aromatic heterocycles. The first-order valence-electron chi connectivity index (χ1n) is 10.1. The number of carboxylic acids is 1. The zero-order valence-corrected chi connectivity index (χ0v) is 17.6. The minimum absolute atomic E-state index is 0.141. The van der Waals surface area contributed by atoms with Gasteiger partial charge in [0, 0.05) is 13.1 Å². The number of nitrogens with zero attached hydrogens (tertiary/aromatic N) is 1. The van der Waals surface area contributed by atoms with Gasteiger partial charge in [-0.05, 0) is 42.9 Å². The highest BCUT2D eigenvalue weighted by Crippen LogP contribution is 2.26. The van der Waals surface area contributed by atoms with Crippen LogP contribution in [-0.4, -0.2) is 49.0 Å². The van der Waals surface area contributed by atoms with Gasteiger partial charge < -0.3 is 15.6 Å². The molecule has 0 bridgehead atoms. The Morgan fingerprint density at radius 3 is 2.50 bits per heavy atom. The number of carbonyl (C=O) groups is 1. The molecule has 1 saturated heterocycles. The van der Waals surface area contributed by atoms with E-state index in [1.807, 2.05) is 24.3 Å². The van der Waals surface area contributed by atoms with Crippen LogP contribution in [0.5, 0.6) is 5.75 Å². The first-order chi connectivity index (χ1) is 14.4. The van der Waals surface area contributed by atoms with Gasteiger partial charge in [-0.25, -0.2) is 8.42 Å². The molecule has 2 aliphatic rings. The summed E-state index contributed by atoms with van der Waals surface area (Å²) >= 11 is 0. The van der Waals surface area contributed by atoms with Crippen molar-refractivity contribution in [2.45, 2.75) is 43.6 Å². The smallest absolute Gasteiger partial charge is 0.322 e. The van der Waals surface area contributed by atoms with Crippen molar-refractivity contribution < 1.29 is 23.1 Å². The van der Waals surface area contributed by atoms with E-state index in [1.54, 1.807) is 24.3 Å². The Morgan fingerprint density at radius 2 is 1.80 bits per heavy atom. The fraction of sp³-hybridized carbons (Fsp3) is 0.409. The highest BCUT2D eigenvalue weighted by molar-refractivity contribution is 7.88. The number of para-hydroxylation sites is 1. The predicted molar refractivity (Wildman–Crippen MR) is 115 cm³/mol. The molecule has 2 aromatic rings. The van der Waals surface area contributed by atoms with Crippen LogP contribution >= 0.6 is 0 Å². The quantitative estimate of drug-likeness (QED) is 0.751. The number of hydrogen-bond donors (Lipinski definition) is 2. The molecular weight excluding hydrogens is 404 g/mol. The van der Waals surface area contributed by atoms with Crippen molar-refractivity contribution in [2.75, 3.05) is 13.1 Å². The number of benzene rings is 2. The van der Waals surface area contributed by atoms with E-state index in [1.165, 1.54) is 5.56 Å². The zero-order chi connectivity index (χ0) is 21.6. The van der Waals surface area contributed by atoms with E-state index in [0.717, 1.165) is 22.9 Å². The maximum Gasteiger partial charge on any atom is 0.322 e. The Hall–Kier alpha value is -2.42. The molecule has 3 N–H and O–H groups in total. The molecule has 4 rings (SSSR count). The van der Waals surface area contributed by atoms with E-state index < -0.39 is 22.0 Å². The average Bonchev–Trinajstić information content (AvgIpc) is 3.26. The maximum absolute atomic E-state index is 12.2. The van der Waals surface area contributed by atoms with Crippen molar-refractivity contribution in [3.63, 3.8) is 0 Å². The van der Waals surface area contributed by atoms with Crippen LogP contribution in [0.4, 0.5) is 0 Å². The molecule has 30 heavy (non-hydrogen) atoms. The number of ether oxygens (including phenoxy) is 1. The Bertz CT molecular complexity index is 949. The molecular formula is C22H28N2O5S. The number of hydrogen-bond acceptors (Lipinski definition) is 5. The molecule has 0 spiro atoms. The van der Waals surface area contributed by atoms with Gasteiger partial charge in [0.05, 0.1) is 5.75 Å². The molecule has 0 saturated carbocycles. The lowest BCUT2D eigenvalue weighted by molar-refractivity contribution is -0.140. The molecule has 0 aliphatic carbocycles. The van der Waals surface area contributed by atoms with Crippen molar-refractivity contribution in [1.82, 2.24) is 4.31 Å². The van der Waals surface area contributed by atoms with Gasteiger partial charge in [-0.2, -0.15) is 4.31 Å². The topological polar surface area (TPSA) is 110 Å². The Kier molecular flexibility index (Phi) is 7.47. The Labute approximate surface area is 177 Å². The van der Waals surface area contributed by atoms with E-state index in [4.69, 9.17) is 15.6 Å². The normalized spacial score (nSPS) is 21.1. The van der Waals surface area contributed by atoms with Crippen LogP contribution in [0, 0.1) is 0 Å². The molecule has 0 radical (unpaired) electrons. The largest absolute Gasteiger partial charge is 0.489 e. The Morgan fingerprint density at radius 1 is 1.10 bits per heavy atom. The van der Waals surface area contributed by atoms with Gasteiger partial charge in [-0.15, -0.1) is 0 Å². The number of rotatable bonds is 5. The van der Waals surface area contributed by atoms with Crippen LogP contribution in [0.15, 0.2) is 54.6 Å². The summed E-state index contributed by atoms with van der Waals surface area (Å²) in [7, 11) is -3.55. The second kappa shape index (κ2) is 10.1. The van der Waals surface area contributed by atoms with E-state index in [2.05, 4.69) is 6.07 Å². The summed E-state index contributed by atoms with van der Waals surface area (Å²) in [6.45, 7) is 0.917. The number of carboxylic acid groups (broad SMARTS) is 1. The van der Waals surface area contributed by atoms with E-state index in [9.17, 15) is 13.2 Å². The average molecular weight is 433 g/mol. The third-order valence-electron chi connectivity index (χ3n) is 5.30. The minimum Gasteiger partial charge on any atom is -0.489 e. The predicted octanol–water partition coefficient (Wildman–Crippen LogP) is 2.40. The number of nitrogens with two attached hydrogens (primary N) is 1. The lowest BCUT2D eigenvalue weighted by Crippen LogP contribution is -2.40. The van der Waals surface area contributed by atoms with Gasteiger partial charge in [-0.1, -0.05) is 48.5 Å². The van der Waals surface area contributed by atoms with Crippen LogP contribution in [0.25, 0.3) is 0 Å². The molecule has 2 aliphatic heterocycles. The molecule has 0 amide bonds. The molecule has 7 nitrogen and oxygen atoms in total. The van der Waals surface area contributed by atoms with Crippen molar-refractivity contribution in [3.05, 3.63) is 65.7 Å². The maximum atomic E-state index is 12.2. The Balaban J connectivity index is 0.000000184. The van der Waals surface area contributed by atoms with Crippen molar-refractivity contribution >= 4 is 16.0 Å². The number of sulfonamides is 1. The van der Waals surface area contributed by atoms with Gasteiger partial charge in [0.2, 0.25) is 10.0 Å². The molecule has 8 heteroatoms. The first kappa shape index (κ1) is 22.3. The van der Waals surface area contributed by atoms with Crippen molar-refractivity contribution in [2.24, 2.45) is 5.73 Å². The molecule has 2 heterocycles. The van der Waals surface area contributed by atoms with Gasteiger partial charge in [0.1, 0.15) is 17.9 Å². The highest BCUT2D eigenvalue weighted by Gasteiger charge is 2.38. The zero-order valence-electron chi connectivity index (χ0n) is 16.8. The fourth-order valence-corrected chi connectivity index (χ4v) is 5.50. The molecule has 2 aromatic carbocycles. The van der Waals surface area contributed by atoms with Gasteiger partial charge in [0.25, 0.3) is 0 Å². The third kappa shape index (κ3) is 5.59. The lowest BCUT2D eigenvalue weighted by Gasteiger charge is -2.24. The number of fused-ring (bicyclic) bond motifs is 1. The third-order valence-corrected chi connectivity index (χ3v) is 7.15. The number of aryl methyl sites for hydroxylation is 1. The summed E-state index contributed by atoms with van der Waals surface area (Å²) in [6.07, 6.45) is 3.36. The van der Waals surface area contributed by atoms with Gasteiger partial charge >= 0.3 is 5.97 Å². The van der Waals surface area contributed by atoms with E-state index in [0.29, 0.717) is 31.5 Å². The summed E-state index contributed by atoms with van der Waals surface area (Å²) in [4.78, 5) is 11.0. The lowest BCUT2D eigenvalue weighted by atomic mass is 10.0. The monoisotopic (exact) mass is 432 g/mol. The molecule has 1 fully saturated rings. The summed E-state index contributed by atoms with van der Waals surface area (Å²) in [6, 6.07) is 16.1. The standard InChI is InChI=1S/C12H15NO4S.C10H13NO/c14-12(15)11-7-4-8-13(11)18(16,17)9-10-5-2-1-3-6-10;11-7-9-6-5-8-3-1-2-4-10(8)12-9/h1-3,5-6,11H,4,7-9H2,(H,14,15);1-4,9H,5-7,11H2/t11-;9-/m01/s1. The molecule has 0 unspecified atom stereocenters. The summed E-state index contributed by atoms with van der Waals surface area (Å²) in [5, 5.41) is 9.01. The molecule has 162 valence electrons. The van der Waals surface area contributed by atoms with Gasteiger partial charge in [0.15, 0.2) is 0 Å². The summed E-state index contributed by atoms with van der Waals surface area (Å²) in [5.41, 5.74) is 7.52. The van der Waals surface area contributed by atoms with Crippen LogP contribution in [0.1, 0.15) is 30.4 Å². The van der Waals surface area contributed by atoms with Crippen LogP contribution in [-0.2, 0) is 27.0 Å². The van der Waals surface area contributed by atoms with Gasteiger partial charge in [-0.3, -0.25) is 4.79 Å². The minimum atomic E-state index is -3.55. The van der Waals surface area contributed by atoms with Crippen LogP contribution in [0.2, 0.25) is 0 Å². The first-order valence-corrected chi connectivity index (χ1v) is 11.7. The van der Waals surface area contributed by atoms with Crippen molar-refractivity contribution in [1.29, 1.82) is 0 Å².